The molecule has 0 aliphatic carbocycles. The number of nitrogens with zero attached hydrogens (tertiary/aromatic N) is 2. The van der Waals surface area contributed by atoms with Gasteiger partial charge in [-0.25, -0.2) is 4.79 Å². The summed E-state index contributed by atoms with van der Waals surface area (Å²) in [5.74, 6) is -0.624. The number of urea groups is 1. The van der Waals surface area contributed by atoms with Crippen molar-refractivity contribution in [2.45, 2.75) is 19.4 Å². The number of pyridine rings is 2. The van der Waals surface area contributed by atoms with Crippen LogP contribution in [0.25, 0.3) is 16.8 Å². The third-order valence-electron chi connectivity index (χ3n) is 6.22. The van der Waals surface area contributed by atoms with Gasteiger partial charge in [-0.2, -0.15) is 0 Å². The van der Waals surface area contributed by atoms with Crippen LogP contribution in [0.4, 0.5) is 4.79 Å². The number of ether oxygens (including phenoxy) is 1. The largest absolute Gasteiger partial charge is 0.489 e. The summed E-state index contributed by atoms with van der Waals surface area (Å²) in [6.07, 6.45) is 4.77. The third kappa shape index (κ3) is 5.24. The monoisotopic (exact) mass is 514 g/mol. The van der Waals surface area contributed by atoms with Crippen LogP contribution >= 0.6 is 11.6 Å². The number of aromatic nitrogens is 2. The summed E-state index contributed by atoms with van der Waals surface area (Å²) in [5.41, 5.74) is 3.78. The summed E-state index contributed by atoms with van der Waals surface area (Å²) in [7, 11) is 0. The molecule has 3 amide bonds. The molecule has 1 atom stereocenters. The van der Waals surface area contributed by atoms with Crippen LogP contribution < -0.4 is 20.9 Å². The SMILES string of the molecule is Cc1ccccc1COc1cc(Cl)cc(-c2cc(C3CNC(=O)NC3=O)cn(-c3cccnc3)c2=O)c1. The van der Waals surface area contributed by atoms with E-state index in [1.807, 2.05) is 31.2 Å². The summed E-state index contributed by atoms with van der Waals surface area (Å²) in [6.45, 7) is 2.46. The molecule has 9 heteroatoms. The van der Waals surface area contributed by atoms with Crippen LogP contribution in [0.1, 0.15) is 22.6 Å². The zero-order valence-corrected chi connectivity index (χ0v) is 20.7. The Bertz CT molecular complexity index is 1550. The molecule has 2 aromatic carbocycles. The minimum Gasteiger partial charge on any atom is -0.489 e. The molecule has 1 unspecified atom stereocenters. The van der Waals surface area contributed by atoms with E-state index in [0.717, 1.165) is 11.1 Å². The smallest absolute Gasteiger partial charge is 0.321 e. The van der Waals surface area contributed by atoms with Gasteiger partial charge in [-0.05, 0) is 65.6 Å². The number of halogens is 1. The molecule has 1 saturated heterocycles. The summed E-state index contributed by atoms with van der Waals surface area (Å²) in [4.78, 5) is 42.0. The van der Waals surface area contributed by atoms with Gasteiger partial charge in [-0.15, -0.1) is 0 Å². The minimum absolute atomic E-state index is 0.107. The number of hydrogen-bond acceptors (Lipinski definition) is 5. The molecular formula is C28H23ClN4O4. The topological polar surface area (TPSA) is 102 Å². The fourth-order valence-electron chi connectivity index (χ4n) is 4.22. The summed E-state index contributed by atoms with van der Waals surface area (Å²) in [6, 6.07) is 17.6. The van der Waals surface area contributed by atoms with E-state index < -0.39 is 17.9 Å². The molecule has 0 spiro atoms. The molecule has 5 rings (SSSR count). The van der Waals surface area contributed by atoms with Gasteiger partial charge >= 0.3 is 6.03 Å². The van der Waals surface area contributed by atoms with Gasteiger partial charge in [0.15, 0.2) is 0 Å². The summed E-state index contributed by atoms with van der Waals surface area (Å²) < 4.78 is 7.47. The van der Waals surface area contributed by atoms with E-state index in [4.69, 9.17) is 16.3 Å². The molecule has 2 N–H and O–H groups in total. The van der Waals surface area contributed by atoms with E-state index in [-0.39, 0.29) is 12.1 Å². The highest BCUT2D eigenvalue weighted by atomic mass is 35.5. The fraction of sp³-hybridized carbons (Fsp3) is 0.143. The number of carbonyl (C=O) groups is 2. The van der Waals surface area contributed by atoms with Gasteiger partial charge in [-0.3, -0.25) is 24.5 Å². The predicted octanol–water partition coefficient (Wildman–Crippen LogP) is 4.36. The van der Waals surface area contributed by atoms with Crippen LogP contribution in [0.3, 0.4) is 0 Å². The van der Waals surface area contributed by atoms with Gasteiger partial charge in [0.1, 0.15) is 12.4 Å². The Hall–Kier alpha value is -4.43. The van der Waals surface area contributed by atoms with Crippen molar-refractivity contribution in [3.63, 3.8) is 0 Å². The number of imide groups is 1. The van der Waals surface area contributed by atoms with Crippen molar-refractivity contribution in [1.29, 1.82) is 0 Å². The molecule has 2 aromatic heterocycles. The Morgan fingerprint density at radius 2 is 1.92 bits per heavy atom. The zero-order valence-electron chi connectivity index (χ0n) is 19.9. The van der Waals surface area contributed by atoms with E-state index in [0.29, 0.717) is 39.8 Å². The quantitative estimate of drug-likeness (QED) is 0.398. The molecule has 37 heavy (non-hydrogen) atoms. The van der Waals surface area contributed by atoms with Gasteiger partial charge in [0.2, 0.25) is 5.91 Å². The van der Waals surface area contributed by atoms with Crippen molar-refractivity contribution >= 4 is 23.5 Å². The maximum Gasteiger partial charge on any atom is 0.321 e. The first kappa shape index (κ1) is 24.3. The number of carbonyl (C=O) groups excluding carboxylic acids is 2. The average molecular weight is 515 g/mol. The molecule has 8 nitrogen and oxygen atoms in total. The maximum atomic E-state index is 13.7. The van der Waals surface area contributed by atoms with Gasteiger partial charge in [-0.1, -0.05) is 35.9 Å². The lowest BCUT2D eigenvalue weighted by atomic mass is 9.95. The number of amides is 3. The zero-order chi connectivity index (χ0) is 25.9. The number of aryl methyl sites for hydroxylation is 1. The lowest BCUT2D eigenvalue weighted by molar-refractivity contribution is -0.122. The minimum atomic E-state index is -0.684. The average Bonchev–Trinajstić information content (AvgIpc) is 2.89. The Morgan fingerprint density at radius 1 is 1.08 bits per heavy atom. The molecule has 0 radical (unpaired) electrons. The van der Waals surface area contributed by atoms with E-state index in [1.165, 1.54) is 4.57 Å². The number of nitrogens with one attached hydrogen (secondary N) is 2. The Kier molecular flexibility index (Phi) is 6.74. The van der Waals surface area contributed by atoms with Crippen molar-refractivity contribution in [1.82, 2.24) is 20.2 Å². The van der Waals surface area contributed by atoms with Crippen molar-refractivity contribution < 1.29 is 14.3 Å². The Morgan fingerprint density at radius 3 is 2.68 bits per heavy atom. The highest BCUT2D eigenvalue weighted by Crippen LogP contribution is 2.30. The van der Waals surface area contributed by atoms with Gasteiger partial charge < -0.3 is 10.1 Å². The maximum absolute atomic E-state index is 13.7. The molecule has 186 valence electrons. The normalized spacial score (nSPS) is 15.1. The van der Waals surface area contributed by atoms with Gasteiger partial charge in [0.25, 0.3) is 5.56 Å². The fourth-order valence-corrected chi connectivity index (χ4v) is 4.45. The van der Waals surface area contributed by atoms with Crippen LogP contribution in [0, 0.1) is 6.92 Å². The number of rotatable bonds is 6. The molecule has 1 aliphatic rings. The first-order chi connectivity index (χ1) is 17.9. The second kappa shape index (κ2) is 10.3. The van der Waals surface area contributed by atoms with E-state index in [2.05, 4.69) is 15.6 Å². The first-order valence-electron chi connectivity index (χ1n) is 11.6. The van der Waals surface area contributed by atoms with Crippen LogP contribution in [-0.2, 0) is 11.4 Å². The molecule has 4 aromatic rings. The Balaban J connectivity index is 1.59. The predicted molar refractivity (Wildman–Crippen MR) is 140 cm³/mol. The van der Waals surface area contributed by atoms with Gasteiger partial charge in [0.05, 0.1) is 17.8 Å². The van der Waals surface area contributed by atoms with Crippen molar-refractivity contribution in [2.24, 2.45) is 0 Å². The Labute approximate surface area is 217 Å². The van der Waals surface area contributed by atoms with Crippen LogP contribution in [0.5, 0.6) is 5.75 Å². The van der Waals surface area contributed by atoms with Crippen LogP contribution in [-0.4, -0.2) is 28.0 Å². The molecule has 0 saturated carbocycles. The number of benzene rings is 2. The summed E-state index contributed by atoms with van der Waals surface area (Å²) in [5, 5.41) is 5.32. The second-order valence-electron chi connectivity index (χ2n) is 8.72. The van der Waals surface area contributed by atoms with Crippen molar-refractivity contribution in [2.75, 3.05) is 6.54 Å². The molecule has 1 aliphatic heterocycles. The van der Waals surface area contributed by atoms with Crippen molar-refractivity contribution in [3.05, 3.63) is 111 Å². The van der Waals surface area contributed by atoms with E-state index >= 15 is 0 Å². The third-order valence-corrected chi connectivity index (χ3v) is 6.44. The highest BCUT2D eigenvalue weighted by Gasteiger charge is 2.29. The molecular weight excluding hydrogens is 492 g/mol. The van der Waals surface area contributed by atoms with E-state index in [1.54, 1.807) is 55.0 Å². The second-order valence-corrected chi connectivity index (χ2v) is 9.15. The molecule has 3 heterocycles. The number of hydrogen-bond donors (Lipinski definition) is 2. The lowest BCUT2D eigenvalue weighted by Gasteiger charge is -2.23. The lowest BCUT2D eigenvalue weighted by Crippen LogP contribution is -2.51. The molecule has 0 bridgehead atoms. The van der Waals surface area contributed by atoms with Crippen LogP contribution in [0.2, 0.25) is 5.02 Å². The van der Waals surface area contributed by atoms with Gasteiger partial charge in [0, 0.05) is 29.5 Å². The standard InChI is InChI=1S/C28H23ClN4O4/c1-17-5-2-3-6-18(17)16-37-23-10-19(9-21(29)12-23)24-11-20(25-14-31-28(36)32-26(25)34)15-33(27(24)35)22-7-4-8-30-13-22/h2-13,15,25H,14,16H2,1H3,(H2,31,32,34,36). The van der Waals surface area contributed by atoms with Crippen LogP contribution in [0.15, 0.2) is 84.0 Å². The van der Waals surface area contributed by atoms with Crippen molar-refractivity contribution in [3.8, 4) is 22.6 Å². The first-order valence-corrected chi connectivity index (χ1v) is 12.0. The molecule has 1 fully saturated rings. The summed E-state index contributed by atoms with van der Waals surface area (Å²) >= 11 is 6.44. The highest BCUT2D eigenvalue weighted by molar-refractivity contribution is 6.31. The van der Waals surface area contributed by atoms with E-state index in [9.17, 15) is 14.4 Å².